The first-order valence-corrected chi connectivity index (χ1v) is 11.8. The fourth-order valence-electron chi connectivity index (χ4n) is 8.46. The van der Waals surface area contributed by atoms with Gasteiger partial charge in [-0.05, 0) is 78.9 Å². The Balaban J connectivity index is 1.53. The van der Waals surface area contributed by atoms with Crippen LogP contribution in [0.25, 0.3) is 0 Å². The van der Waals surface area contributed by atoms with Crippen molar-refractivity contribution in [3.8, 4) is 0 Å². The van der Waals surface area contributed by atoms with Crippen molar-refractivity contribution in [1.82, 2.24) is 0 Å². The molecule has 0 spiro atoms. The fraction of sp³-hybridized carbons (Fsp3) is 0.880. The minimum absolute atomic E-state index is 0.0227. The van der Waals surface area contributed by atoms with Crippen molar-refractivity contribution in [3.63, 3.8) is 0 Å². The van der Waals surface area contributed by atoms with Gasteiger partial charge >= 0.3 is 5.97 Å². The van der Waals surface area contributed by atoms with Gasteiger partial charge < -0.3 is 4.74 Å². The number of methoxy groups -OCH3 is 1. The van der Waals surface area contributed by atoms with Gasteiger partial charge in [-0.25, -0.2) is 0 Å². The summed E-state index contributed by atoms with van der Waals surface area (Å²) in [6.07, 6.45) is 9.04. The highest BCUT2D eigenvalue weighted by Gasteiger charge is 2.62. The predicted molar refractivity (Wildman–Crippen MR) is 111 cm³/mol. The summed E-state index contributed by atoms with van der Waals surface area (Å²) in [6, 6.07) is 0. The van der Waals surface area contributed by atoms with Crippen LogP contribution < -0.4 is 0 Å². The van der Waals surface area contributed by atoms with Crippen molar-refractivity contribution in [2.24, 2.45) is 46.3 Å². The first kappa shape index (κ1) is 21.1. The largest absolute Gasteiger partial charge is 0.469 e. The van der Waals surface area contributed by atoms with Gasteiger partial charge in [0.25, 0.3) is 0 Å². The molecular weight excluding hydrogens is 364 g/mol. The van der Waals surface area contributed by atoms with E-state index in [4.69, 9.17) is 4.74 Å². The molecule has 0 unspecified atom stereocenters. The van der Waals surface area contributed by atoms with Crippen LogP contribution in [0.4, 0.5) is 0 Å². The molecule has 4 heteroatoms. The Morgan fingerprint density at radius 3 is 2.52 bits per heavy atom. The van der Waals surface area contributed by atoms with Crippen LogP contribution in [0, 0.1) is 46.3 Å². The van der Waals surface area contributed by atoms with E-state index in [1.165, 1.54) is 32.8 Å². The number of carbonyl (C=O) groups excluding carboxylic acids is 3. The molecule has 4 aliphatic rings. The van der Waals surface area contributed by atoms with Crippen molar-refractivity contribution in [1.29, 1.82) is 0 Å². The van der Waals surface area contributed by atoms with Gasteiger partial charge in [0.05, 0.1) is 7.11 Å². The molecule has 0 amide bonds. The molecule has 0 bridgehead atoms. The Bertz CT molecular complexity index is 699. The minimum Gasteiger partial charge on any atom is -0.469 e. The number of fused-ring (bicyclic) bond motifs is 5. The first-order valence-electron chi connectivity index (χ1n) is 11.8. The van der Waals surface area contributed by atoms with E-state index in [-0.39, 0.29) is 22.7 Å². The molecule has 0 aromatic carbocycles. The van der Waals surface area contributed by atoms with Crippen LogP contribution in [-0.2, 0) is 19.1 Å². The van der Waals surface area contributed by atoms with Crippen LogP contribution >= 0.6 is 0 Å². The smallest absolute Gasteiger partial charge is 0.305 e. The highest BCUT2D eigenvalue weighted by molar-refractivity contribution is 5.90. The molecule has 162 valence electrons. The molecule has 4 rings (SSSR count). The van der Waals surface area contributed by atoms with Gasteiger partial charge in [-0.3, -0.25) is 14.4 Å². The first-order chi connectivity index (χ1) is 13.7. The molecular formula is C25H38O4. The van der Waals surface area contributed by atoms with Gasteiger partial charge in [0.15, 0.2) is 0 Å². The maximum Gasteiger partial charge on any atom is 0.305 e. The van der Waals surface area contributed by atoms with Gasteiger partial charge in [-0.2, -0.15) is 0 Å². The third-order valence-corrected chi connectivity index (χ3v) is 10.1. The molecule has 0 heterocycles. The second-order valence-electron chi connectivity index (χ2n) is 11.2. The lowest BCUT2D eigenvalue weighted by Gasteiger charge is -2.59. The Morgan fingerprint density at radius 1 is 1.07 bits per heavy atom. The highest BCUT2D eigenvalue weighted by Crippen LogP contribution is 2.67. The van der Waals surface area contributed by atoms with Crippen molar-refractivity contribution in [2.75, 3.05) is 7.11 Å². The average Bonchev–Trinajstić information content (AvgIpc) is 3.05. The zero-order valence-electron chi connectivity index (χ0n) is 18.7. The van der Waals surface area contributed by atoms with Crippen molar-refractivity contribution in [2.45, 2.75) is 85.0 Å². The highest BCUT2D eigenvalue weighted by atomic mass is 16.5. The summed E-state index contributed by atoms with van der Waals surface area (Å²) < 4.78 is 4.85. The fourth-order valence-corrected chi connectivity index (χ4v) is 8.46. The summed E-state index contributed by atoms with van der Waals surface area (Å²) in [4.78, 5) is 36.8. The van der Waals surface area contributed by atoms with E-state index in [2.05, 4.69) is 20.8 Å². The van der Waals surface area contributed by atoms with E-state index in [1.54, 1.807) is 0 Å². The van der Waals surface area contributed by atoms with Crippen molar-refractivity contribution in [3.05, 3.63) is 0 Å². The Labute approximate surface area is 175 Å². The van der Waals surface area contributed by atoms with E-state index < -0.39 is 0 Å². The molecule has 0 radical (unpaired) electrons. The third-order valence-electron chi connectivity index (χ3n) is 10.1. The van der Waals surface area contributed by atoms with Crippen LogP contribution in [0.2, 0.25) is 0 Å². The van der Waals surface area contributed by atoms with Crippen LogP contribution in [0.1, 0.15) is 85.0 Å². The maximum absolute atomic E-state index is 13.1. The molecule has 29 heavy (non-hydrogen) atoms. The SMILES string of the molecule is COC(=O)CC[C@@H](C)[C@H]1CC[C@H]2[C@@H]3CC(=O)[C@@H]4CC(=O)CC[C@]4(C)[C@H]3CC[C@]12C. The summed E-state index contributed by atoms with van der Waals surface area (Å²) in [5.74, 6) is 3.38. The second-order valence-corrected chi connectivity index (χ2v) is 11.2. The second kappa shape index (κ2) is 7.50. The molecule has 4 aliphatic carbocycles. The lowest BCUT2D eigenvalue weighted by molar-refractivity contribution is -0.159. The average molecular weight is 403 g/mol. The number of ketones is 2. The van der Waals surface area contributed by atoms with E-state index in [1.807, 2.05) is 0 Å². The molecule has 0 aromatic heterocycles. The zero-order chi connectivity index (χ0) is 21.0. The monoisotopic (exact) mass is 402 g/mol. The molecule has 0 aliphatic heterocycles. The zero-order valence-corrected chi connectivity index (χ0v) is 18.7. The number of rotatable bonds is 4. The standard InChI is InChI=1S/C25H38O4/c1-15(5-8-23(28)29-4)18-6-7-19-17-14-22(27)21-13-16(26)9-11-25(21,3)20(17)10-12-24(18,19)2/h15,17-21H,5-14H2,1-4H3/t15-,17+,18-,19+,20+,21+,24-,25-/m1/s1. The number of hydrogen-bond acceptors (Lipinski definition) is 4. The molecule has 0 aromatic rings. The number of ether oxygens (including phenoxy) is 1. The molecule has 4 nitrogen and oxygen atoms in total. The van der Waals surface area contributed by atoms with E-state index in [9.17, 15) is 14.4 Å². The summed E-state index contributed by atoms with van der Waals surface area (Å²) in [6.45, 7) is 7.11. The number of esters is 1. The van der Waals surface area contributed by atoms with Gasteiger partial charge in [0.2, 0.25) is 0 Å². The lowest BCUT2D eigenvalue weighted by atomic mass is 9.44. The minimum atomic E-state index is -0.107. The van der Waals surface area contributed by atoms with Crippen LogP contribution in [0.15, 0.2) is 0 Å². The topological polar surface area (TPSA) is 60.4 Å². The summed E-state index contributed by atoms with van der Waals surface area (Å²) in [5.41, 5.74) is 0.314. The summed E-state index contributed by atoms with van der Waals surface area (Å²) >= 11 is 0. The van der Waals surface area contributed by atoms with E-state index in [0.29, 0.717) is 66.8 Å². The van der Waals surface area contributed by atoms with E-state index in [0.717, 1.165) is 12.8 Å². The van der Waals surface area contributed by atoms with Crippen LogP contribution in [-0.4, -0.2) is 24.6 Å². The molecule has 0 saturated heterocycles. The number of Topliss-reactive ketones (excluding diaryl/α,β-unsaturated/α-hetero) is 2. The van der Waals surface area contributed by atoms with Gasteiger partial charge in [-0.15, -0.1) is 0 Å². The van der Waals surface area contributed by atoms with Crippen LogP contribution in [0.5, 0.6) is 0 Å². The molecule has 8 atom stereocenters. The summed E-state index contributed by atoms with van der Waals surface area (Å²) in [7, 11) is 1.47. The summed E-state index contributed by atoms with van der Waals surface area (Å²) in [5, 5.41) is 0. The quantitative estimate of drug-likeness (QED) is 0.622. The third kappa shape index (κ3) is 3.29. The maximum atomic E-state index is 13.1. The van der Waals surface area contributed by atoms with Crippen molar-refractivity contribution >= 4 is 17.5 Å². The van der Waals surface area contributed by atoms with Crippen LogP contribution in [0.3, 0.4) is 0 Å². The van der Waals surface area contributed by atoms with Gasteiger partial charge in [0, 0.05) is 31.6 Å². The number of carbonyl (C=O) groups is 3. The number of hydrogen-bond donors (Lipinski definition) is 0. The Morgan fingerprint density at radius 2 is 1.79 bits per heavy atom. The van der Waals surface area contributed by atoms with Crippen molar-refractivity contribution < 1.29 is 19.1 Å². The molecule has 4 fully saturated rings. The lowest BCUT2D eigenvalue weighted by Crippen LogP contribution is -2.56. The molecule has 0 N–H and O–H groups in total. The van der Waals surface area contributed by atoms with Gasteiger partial charge in [0.1, 0.15) is 11.6 Å². The molecule has 4 saturated carbocycles. The predicted octanol–water partition coefficient (Wildman–Crippen LogP) is 4.98. The van der Waals surface area contributed by atoms with Gasteiger partial charge in [-0.1, -0.05) is 20.8 Å². The normalized spacial score (nSPS) is 45.2. The Hall–Kier alpha value is -1.19. The Kier molecular flexibility index (Phi) is 5.44. The van der Waals surface area contributed by atoms with E-state index >= 15 is 0 Å².